The molecule has 0 aliphatic carbocycles. The van der Waals surface area contributed by atoms with Crippen molar-refractivity contribution < 1.29 is 4.74 Å². The molecule has 0 saturated heterocycles. The van der Waals surface area contributed by atoms with Crippen LogP contribution in [0.2, 0.25) is 0 Å². The summed E-state index contributed by atoms with van der Waals surface area (Å²) in [6.07, 6.45) is 0. The fraction of sp³-hybridized carbons (Fsp3) is 0.143. The highest BCUT2D eigenvalue weighted by Gasteiger charge is 2.15. The Morgan fingerprint density at radius 1 is 1.16 bits per heavy atom. The molecular weight excluding hydrogens is 506 g/mol. The molecule has 0 bridgehead atoms. The summed E-state index contributed by atoms with van der Waals surface area (Å²) in [5, 5.41) is -0.188. The quantitative estimate of drug-likeness (QED) is 0.351. The average molecular weight is 516 g/mol. The molecule has 0 amide bonds. The molecule has 0 aliphatic rings. The molecule has 0 radical (unpaired) electrons. The van der Waals surface area contributed by atoms with E-state index in [0.717, 1.165) is 29.4 Å². The van der Waals surface area contributed by atoms with Crippen molar-refractivity contribution in [2.24, 2.45) is 0 Å². The van der Waals surface area contributed by atoms with Gasteiger partial charge in [-0.3, -0.25) is 0 Å². The first-order valence-corrected chi connectivity index (χ1v) is 8.55. The molecule has 0 saturated carbocycles. The lowest BCUT2D eigenvalue weighted by Crippen LogP contribution is -1.97. The Morgan fingerprint density at radius 3 is 2.53 bits per heavy atom. The fourth-order valence-corrected chi connectivity index (χ4v) is 3.81. The fourth-order valence-electron chi connectivity index (χ4n) is 1.73. The minimum absolute atomic E-state index is 0.188. The standard InChI is InChI=1S/C14H10Br2ClIO/c1-19-13-5-2-8(6-11(13)16)14(17)10-7-9(15)3-4-12(10)18/h2-7,14H,1H3. The largest absolute Gasteiger partial charge is 0.496 e. The van der Waals surface area contributed by atoms with Gasteiger partial charge in [-0.05, 0) is 80.0 Å². The SMILES string of the molecule is COc1ccc(C(Cl)c2cc(Br)ccc2I)cc1Br. The van der Waals surface area contributed by atoms with Crippen LogP contribution >= 0.6 is 66.1 Å². The number of benzene rings is 2. The lowest BCUT2D eigenvalue weighted by Gasteiger charge is -2.14. The minimum atomic E-state index is -0.188. The highest BCUT2D eigenvalue weighted by Crippen LogP contribution is 2.36. The molecule has 0 heterocycles. The lowest BCUT2D eigenvalue weighted by atomic mass is 10.0. The van der Waals surface area contributed by atoms with Gasteiger partial charge in [-0.25, -0.2) is 0 Å². The third kappa shape index (κ3) is 3.65. The highest BCUT2D eigenvalue weighted by atomic mass is 127. The summed E-state index contributed by atoms with van der Waals surface area (Å²) in [6.45, 7) is 0. The predicted molar refractivity (Wildman–Crippen MR) is 95.2 cm³/mol. The molecule has 1 atom stereocenters. The summed E-state index contributed by atoms with van der Waals surface area (Å²) in [7, 11) is 1.65. The van der Waals surface area contributed by atoms with Crippen LogP contribution in [-0.2, 0) is 0 Å². The predicted octanol–water partition coefficient (Wildman–Crippen LogP) is 6.15. The van der Waals surface area contributed by atoms with E-state index in [9.17, 15) is 0 Å². The van der Waals surface area contributed by atoms with Gasteiger partial charge in [0.25, 0.3) is 0 Å². The maximum absolute atomic E-state index is 6.59. The Labute approximate surface area is 148 Å². The van der Waals surface area contributed by atoms with Gasteiger partial charge in [-0.1, -0.05) is 22.0 Å². The summed E-state index contributed by atoms with van der Waals surface area (Å²) in [4.78, 5) is 0. The van der Waals surface area contributed by atoms with Crippen molar-refractivity contribution in [2.75, 3.05) is 7.11 Å². The molecule has 1 nitrogen and oxygen atoms in total. The molecule has 0 spiro atoms. The molecule has 0 fully saturated rings. The van der Waals surface area contributed by atoms with Crippen molar-refractivity contribution in [3.8, 4) is 5.75 Å². The summed E-state index contributed by atoms with van der Waals surface area (Å²) in [5.41, 5.74) is 2.12. The third-order valence-corrected chi connectivity index (χ3v) is 5.28. The molecule has 5 heteroatoms. The Bertz CT molecular complexity index is 604. The van der Waals surface area contributed by atoms with E-state index in [1.54, 1.807) is 7.11 Å². The van der Waals surface area contributed by atoms with Crippen LogP contribution in [0.1, 0.15) is 16.5 Å². The molecular formula is C14H10Br2ClIO. The second-order valence-electron chi connectivity index (χ2n) is 3.92. The molecule has 1 unspecified atom stereocenters. The van der Waals surface area contributed by atoms with E-state index in [1.165, 1.54) is 0 Å². The van der Waals surface area contributed by atoms with E-state index in [4.69, 9.17) is 16.3 Å². The first-order valence-electron chi connectivity index (χ1n) is 5.45. The highest BCUT2D eigenvalue weighted by molar-refractivity contribution is 14.1. The smallest absolute Gasteiger partial charge is 0.133 e. The molecule has 0 aromatic heterocycles. The first-order chi connectivity index (χ1) is 9.02. The van der Waals surface area contributed by atoms with Crippen molar-refractivity contribution in [3.63, 3.8) is 0 Å². The summed E-state index contributed by atoms with van der Waals surface area (Å²) in [5.74, 6) is 0.802. The van der Waals surface area contributed by atoms with Crippen molar-refractivity contribution in [3.05, 3.63) is 60.0 Å². The monoisotopic (exact) mass is 514 g/mol. The van der Waals surface area contributed by atoms with Gasteiger partial charge in [0.05, 0.1) is 17.0 Å². The average Bonchev–Trinajstić information content (AvgIpc) is 2.40. The second kappa shape index (κ2) is 6.78. The molecule has 2 rings (SSSR count). The maximum atomic E-state index is 6.59. The van der Waals surface area contributed by atoms with E-state index in [1.807, 2.05) is 30.3 Å². The number of alkyl halides is 1. The van der Waals surface area contributed by atoms with Gasteiger partial charge in [0, 0.05) is 8.04 Å². The van der Waals surface area contributed by atoms with E-state index in [0.29, 0.717) is 0 Å². The Hall–Kier alpha value is 0.220. The molecule has 19 heavy (non-hydrogen) atoms. The molecule has 0 N–H and O–H groups in total. The van der Waals surface area contributed by atoms with Crippen LogP contribution in [0.25, 0.3) is 0 Å². The van der Waals surface area contributed by atoms with Gasteiger partial charge in [0.2, 0.25) is 0 Å². The van der Waals surface area contributed by atoms with Crippen LogP contribution in [0.5, 0.6) is 5.75 Å². The Balaban J connectivity index is 2.41. The Morgan fingerprint density at radius 2 is 1.89 bits per heavy atom. The van der Waals surface area contributed by atoms with Crippen molar-refractivity contribution in [1.82, 2.24) is 0 Å². The number of rotatable bonds is 3. The molecule has 2 aromatic rings. The summed E-state index contributed by atoms with van der Waals surface area (Å²) < 4.78 is 8.31. The topological polar surface area (TPSA) is 9.23 Å². The lowest BCUT2D eigenvalue weighted by molar-refractivity contribution is 0.412. The van der Waals surface area contributed by atoms with Crippen LogP contribution in [0.4, 0.5) is 0 Å². The van der Waals surface area contributed by atoms with Crippen LogP contribution in [0.3, 0.4) is 0 Å². The number of halogens is 4. The van der Waals surface area contributed by atoms with Crippen LogP contribution in [0, 0.1) is 3.57 Å². The van der Waals surface area contributed by atoms with Crippen LogP contribution in [-0.4, -0.2) is 7.11 Å². The van der Waals surface area contributed by atoms with Crippen molar-refractivity contribution in [1.29, 1.82) is 0 Å². The van der Waals surface area contributed by atoms with Crippen LogP contribution < -0.4 is 4.74 Å². The van der Waals surface area contributed by atoms with Gasteiger partial charge in [0.15, 0.2) is 0 Å². The first kappa shape index (κ1) is 15.6. The zero-order chi connectivity index (χ0) is 14.0. The van der Waals surface area contributed by atoms with Gasteiger partial charge < -0.3 is 4.74 Å². The number of hydrogen-bond donors (Lipinski definition) is 0. The van der Waals surface area contributed by atoms with Gasteiger partial charge in [-0.15, -0.1) is 11.6 Å². The van der Waals surface area contributed by atoms with E-state index in [2.05, 4.69) is 60.5 Å². The summed E-state index contributed by atoms with van der Waals surface area (Å²) >= 11 is 15.9. The summed E-state index contributed by atoms with van der Waals surface area (Å²) in [6, 6.07) is 12.0. The number of ether oxygens (including phenoxy) is 1. The molecule has 0 aliphatic heterocycles. The second-order valence-corrected chi connectivity index (χ2v) is 7.29. The van der Waals surface area contributed by atoms with Gasteiger partial charge >= 0.3 is 0 Å². The number of methoxy groups -OCH3 is 1. The van der Waals surface area contributed by atoms with E-state index in [-0.39, 0.29) is 5.38 Å². The molecule has 2 aromatic carbocycles. The minimum Gasteiger partial charge on any atom is -0.496 e. The van der Waals surface area contributed by atoms with E-state index >= 15 is 0 Å². The number of hydrogen-bond acceptors (Lipinski definition) is 1. The molecule has 100 valence electrons. The normalized spacial score (nSPS) is 12.3. The zero-order valence-corrected chi connectivity index (χ0v) is 16.0. The van der Waals surface area contributed by atoms with Crippen molar-refractivity contribution >= 4 is 66.1 Å². The Kier molecular flexibility index (Phi) is 5.57. The van der Waals surface area contributed by atoms with Gasteiger partial charge in [0.1, 0.15) is 5.75 Å². The maximum Gasteiger partial charge on any atom is 0.133 e. The van der Waals surface area contributed by atoms with E-state index < -0.39 is 0 Å². The third-order valence-electron chi connectivity index (χ3n) is 2.70. The van der Waals surface area contributed by atoms with Crippen LogP contribution in [0.15, 0.2) is 45.3 Å². The van der Waals surface area contributed by atoms with Gasteiger partial charge in [-0.2, -0.15) is 0 Å². The van der Waals surface area contributed by atoms with Crippen molar-refractivity contribution in [2.45, 2.75) is 5.38 Å². The zero-order valence-electron chi connectivity index (χ0n) is 9.96.